The third-order valence-corrected chi connectivity index (χ3v) is 6.04. The van der Waals surface area contributed by atoms with Crippen molar-refractivity contribution in [1.29, 1.82) is 0 Å². The Hall–Kier alpha value is -0.120. The van der Waals surface area contributed by atoms with Gasteiger partial charge in [-0.1, -0.05) is 12.8 Å². The molecule has 3 fully saturated rings. The Morgan fingerprint density at radius 3 is 2.33 bits per heavy atom. The Morgan fingerprint density at radius 1 is 0.905 bits per heavy atom. The minimum absolute atomic E-state index is 0.338. The Balaban J connectivity index is 1.43. The first-order valence-electron chi connectivity index (χ1n) is 9.26. The first kappa shape index (κ1) is 15.8. The van der Waals surface area contributed by atoms with Gasteiger partial charge in [-0.3, -0.25) is 9.80 Å². The molecule has 1 aliphatic carbocycles. The van der Waals surface area contributed by atoms with E-state index in [-0.39, 0.29) is 0 Å². The van der Waals surface area contributed by atoms with E-state index in [1.807, 2.05) is 0 Å². The van der Waals surface area contributed by atoms with Crippen LogP contribution in [0.1, 0.15) is 59.3 Å². The second-order valence-corrected chi connectivity index (χ2v) is 8.55. The van der Waals surface area contributed by atoms with E-state index in [0.717, 1.165) is 18.0 Å². The zero-order chi connectivity index (χ0) is 14.9. The molecule has 0 radical (unpaired) electrons. The van der Waals surface area contributed by atoms with Crippen LogP contribution in [0.15, 0.2) is 0 Å². The van der Waals surface area contributed by atoms with Gasteiger partial charge in [-0.05, 0) is 52.4 Å². The summed E-state index contributed by atoms with van der Waals surface area (Å²) in [5.74, 6) is 0.993. The number of rotatable bonds is 2. The highest BCUT2D eigenvalue weighted by Crippen LogP contribution is 2.32. The monoisotopic (exact) mass is 293 g/mol. The van der Waals surface area contributed by atoms with Crippen LogP contribution in [0.5, 0.6) is 0 Å². The summed E-state index contributed by atoms with van der Waals surface area (Å²) in [5.41, 5.74) is 0.338. The standard InChI is InChI=1S/C18H35N3/c1-18(2,3)21-12-10-20(11-13-21)14-16-9-8-15-6-4-5-7-17(15)19-16/h15-17,19H,4-14H2,1-3H3. The molecule has 0 bridgehead atoms. The number of nitrogens with zero attached hydrogens (tertiary/aromatic N) is 2. The second kappa shape index (κ2) is 6.55. The number of nitrogens with one attached hydrogen (secondary N) is 1. The molecule has 0 spiro atoms. The minimum atomic E-state index is 0.338. The zero-order valence-corrected chi connectivity index (χ0v) is 14.4. The number of fused-ring (bicyclic) bond motifs is 1. The van der Waals surface area contributed by atoms with E-state index in [9.17, 15) is 0 Å². The van der Waals surface area contributed by atoms with Crippen LogP contribution in [0.25, 0.3) is 0 Å². The molecule has 3 aliphatic rings. The molecule has 2 saturated heterocycles. The van der Waals surface area contributed by atoms with Crippen molar-refractivity contribution in [1.82, 2.24) is 15.1 Å². The summed E-state index contributed by atoms with van der Waals surface area (Å²) < 4.78 is 0. The third-order valence-electron chi connectivity index (χ3n) is 6.04. The van der Waals surface area contributed by atoms with Gasteiger partial charge in [0.1, 0.15) is 0 Å². The van der Waals surface area contributed by atoms with Crippen molar-refractivity contribution >= 4 is 0 Å². The minimum Gasteiger partial charge on any atom is -0.310 e. The Kier molecular flexibility index (Phi) is 4.92. The second-order valence-electron chi connectivity index (χ2n) is 8.55. The Labute approximate surface area is 131 Å². The number of hydrogen-bond donors (Lipinski definition) is 1. The van der Waals surface area contributed by atoms with Crippen LogP contribution in [0.2, 0.25) is 0 Å². The molecule has 3 atom stereocenters. The maximum Gasteiger partial charge on any atom is 0.0197 e. The largest absolute Gasteiger partial charge is 0.310 e. The summed E-state index contributed by atoms with van der Waals surface area (Å²) >= 11 is 0. The topological polar surface area (TPSA) is 18.5 Å². The van der Waals surface area contributed by atoms with Crippen molar-refractivity contribution in [2.45, 2.75) is 76.9 Å². The van der Waals surface area contributed by atoms with E-state index in [1.165, 1.54) is 71.2 Å². The fourth-order valence-corrected chi connectivity index (χ4v) is 4.63. The van der Waals surface area contributed by atoms with Gasteiger partial charge in [0.15, 0.2) is 0 Å². The summed E-state index contributed by atoms with van der Waals surface area (Å²) in [6.45, 7) is 13.3. The van der Waals surface area contributed by atoms with E-state index < -0.39 is 0 Å². The van der Waals surface area contributed by atoms with Crippen LogP contribution in [0, 0.1) is 5.92 Å². The van der Waals surface area contributed by atoms with E-state index >= 15 is 0 Å². The molecule has 21 heavy (non-hydrogen) atoms. The van der Waals surface area contributed by atoms with E-state index in [0.29, 0.717) is 5.54 Å². The van der Waals surface area contributed by atoms with Gasteiger partial charge in [0, 0.05) is 50.3 Å². The lowest BCUT2D eigenvalue weighted by atomic mass is 9.77. The average Bonchev–Trinajstić information content (AvgIpc) is 2.47. The highest BCUT2D eigenvalue weighted by atomic mass is 15.3. The van der Waals surface area contributed by atoms with Crippen LogP contribution >= 0.6 is 0 Å². The van der Waals surface area contributed by atoms with Crippen molar-refractivity contribution < 1.29 is 0 Å². The highest BCUT2D eigenvalue weighted by molar-refractivity contribution is 4.91. The van der Waals surface area contributed by atoms with Gasteiger partial charge in [0.05, 0.1) is 0 Å². The summed E-state index contributed by atoms with van der Waals surface area (Å²) in [4.78, 5) is 5.33. The van der Waals surface area contributed by atoms with Gasteiger partial charge in [-0.25, -0.2) is 0 Å². The summed E-state index contributed by atoms with van der Waals surface area (Å²) in [6, 6.07) is 1.60. The van der Waals surface area contributed by atoms with Gasteiger partial charge in [-0.2, -0.15) is 0 Å². The highest BCUT2D eigenvalue weighted by Gasteiger charge is 2.33. The van der Waals surface area contributed by atoms with E-state index in [2.05, 4.69) is 35.9 Å². The quantitative estimate of drug-likeness (QED) is 0.844. The number of piperidine rings is 1. The molecule has 1 saturated carbocycles. The Morgan fingerprint density at radius 2 is 1.62 bits per heavy atom. The molecule has 1 N–H and O–H groups in total. The lowest BCUT2D eigenvalue weighted by Gasteiger charge is -2.45. The zero-order valence-electron chi connectivity index (χ0n) is 14.4. The molecule has 3 heteroatoms. The molecule has 2 heterocycles. The number of piperazine rings is 1. The first-order valence-corrected chi connectivity index (χ1v) is 9.26. The molecule has 0 aromatic rings. The molecule has 122 valence electrons. The van der Waals surface area contributed by atoms with Gasteiger partial charge in [-0.15, -0.1) is 0 Å². The van der Waals surface area contributed by atoms with E-state index in [4.69, 9.17) is 0 Å². The lowest BCUT2D eigenvalue weighted by molar-refractivity contribution is 0.0512. The van der Waals surface area contributed by atoms with Gasteiger partial charge in [0.2, 0.25) is 0 Å². The van der Waals surface area contributed by atoms with Crippen molar-refractivity contribution in [3.8, 4) is 0 Å². The Bertz CT molecular complexity index is 328. The maximum absolute atomic E-state index is 3.99. The molecule has 0 amide bonds. The molecule has 2 aliphatic heterocycles. The summed E-state index contributed by atoms with van der Waals surface area (Å²) in [6.07, 6.45) is 8.71. The first-order chi connectivity index (χ1) is 10.0. The fourth-order valence-electron chi connectivity index (χ4n) is 4.63. The fraction of sp³-hybridized carbons (Fsp3) is 1.00. The molecule has 3 rings (SSSR count). The maximum atomic E-state index is 3.99. The van der Waals surface area contributed by atoms with Crippen LogP contribution in [0.4, 0.5) is 0 Å². The predicted molar refractivity (Wildman–Crippen MR) is 89.7 cm³/mol. The van der Waals surface area contributed by atoms with Crippen molar-refractivity contribution in [3.05, 3.63) is 0 Å². The SMILES string of the molecule is CC(C)(C)N1CCN(CC2CCC3CCCCC3N2)CC1. The average molecular weight is 293 g/mol. The van der Waals surface area contributed by atoms with Gasteiger partial charge < -0.3 is 5.32 Å². The number of hydrogen-bond acceptors (Lipinski definition) is 3. The van der Waals surface area contributed by atoms with Crippen LogP contribution in [-0.4, -0.2) is 60.1 Å². The molecule has 3 nitrogen and oxygen atoms in total. The molecular weight excluding hydrogens is 258 g/mol. The van der Waals surface area contributed by atoms with Gasteiger partial charge in [0.25, 0.3) is 0 Å². The van der Waals surface area contributed by atoms with Gasteiger partial charge >= 0.3 is 0 Å². The molecular formula is C18H35N3. The third kappa shape index (κ3) is 4.00. The molecule has 0 aromatic heterocycles. The van der Waals surface area contributed by atoms with Crippen LogP contribution in [-0.2, 0) is 0 Å². The van der Waals surface area contributed by atoms with Crippen molar-refractivity contribution in [2.24, 2.45) is 5.92 Å². The van der Waals surface area contributed by atoms with Crippen molar-refractivity contribution in [3.63, 3.8) is 0 Å². The lowest BCUT2D eigenvalue weighted by Crippen LogP contribution is -2.57. The smallest absolute Gasteiger partial charge is 0.0197 e. The van der Waals surface area contributed by atoms with Crippen LogP contribution in [0.3, 0.4) is 0 Å². The molecule has 3 unspecified atom stereocenters. The summed E-state index contributed by atoms with van der Waals surface area (Å²) in [7, 11) is 0. The van der Waals surface area contributed by atoms with Crippen LogP contribution < -0.4 is 5.32 Å². The van der Waals surface area contributed by atoms with E-state index in [1.54, 1.807) is 0 Å². The predicted octanol–water partition coefficient (Wildman–Crippen LogP) is 2.71. The van der Waals surface area contributed by atoms with Crippen molar-refractivity contribution in [2.75, 3.05) is 32.7 Å². The molecule has 0 aromatic carbocycles. The normalized spacial score (nSPS) is 36.4. The summed E-state index contributed by atoms with van der Waals surface area (Å²) in [5, 5.41) is 3.99.